The summed E-state index contributed by atoms with van der Waals surface area (Å²) in [5.74, 6) is 0. The van der Waals surface area contributed by atoms with Crippen LogP contribution < -0.4 is 5.32 Å². The van der Waals surface area contributed by atoms with Crippen LogP contribution in [0.2, 0.25) is 0 Å². The van der Waals surface area contributed by atoms with E-state index in [0.29, 0.717) is 12.1 Å². The van der Waals surface area contributed by atoms with Crippen LogP contribution in [0.1, 0.15) is 32.7 Å². The first kappa shape index (κ1) is 19.0. The smallest absolute Gasteiger partial charge is 0.317 e. The molecule has 4 heterocycles. The Balaban J connectivity index is 1.17. The number of H-pyrrole nitrogens is 1. The number of hydrogen-bond donors (Lipinski definition) is 2. The molecule has 0 radical (unpaired) electrons. The molecule has 1 saturated heterocycles. The number of hydrogen-bond acceptors (Lipinski definition) is 5. The highest BCUT2D eigenvalue weighted by Crippen LogP contribution is 2.37. The minimum absolute atomic E-state index is 0.0569. The number of nitrogens with zero attached hydrogens (tertiary/aromatic N) is 6. The highest BCUT2D eigenvalue weighted by atomic mass is 16.2. The molecule has 30 heavy (non-hydrogen) atoms. The van der Waals surface area contributed by atoms with Gasteiger partial charge in [0, 0.05) is 61.6 Å². The lowest BCUT2D eigenvalue weighted by atomic mass is 9.85. The van der Waals surface area contributed by atoms with Gasteiger partial charge in [-0.15, -0.1) is 0 Å². The van der Waals surface area contributed by atoms with Crippen molar-refractivity contribution in [2.24, 2.45) is 0 Å². The molecule has 2 aliphatic rings. The van der Waals surface area contributed by atoms with Crippen LogP contribution in [0.3, 0.4) is 0 Å². The number of piperazine rings is 1. The van der Waals surface area contributed by atoms with Crippen LogP contribution in [0.25, 0.3) is 22.3 Å². The van der Waals surface area contributed by atoms with Crippen molar-refractivity contribution in [3.05, 3.63) is 31.0 Å². The van der Waals surface area contributed by atoms with Gasteiger partial charge in [-0.1, -0.05) is 0 Å². The molecule has 5 rings (SSSR count). The zero-order chi connectivity index (χ0) is 20.7. The molecule has 0 aromatic carbocycles. The molecule has 3 aromatic rings. The number of carbonyl (C=O) groups is 1. The van der Waals surface area contributed by atoms with E-state index in [1.54, 1.807) is 6.33 Å². The van der Waals surface area contributed by atoms with Crippen LogP contribution in [0.5, 0.6) is 0 Å². The van der Waals surface area contributed by atoms with Crippen molar-refractivity contribution in [3.8, 4) is 11.3 Å². The van der Waals surface area contributed by atoms with E-state index in [2.05, 4.69) is 41.1 Å². The van der Waals surface area contributed by atoms with E-state index < -0.39 is 0 Å². The second kappa shape index (κ2) is 7.71. The maximum Gasteiger partial charge on any atom is 0.317 e. The van der Waals surface area contributed by atoms with E-state index in [4.69, 9.17) is 0 Å². The number of urea groups is 1. The van der Waals surface area contributed by atoms with Crippen molar-refractivity contribution < 1.29 is 4.79 Å². The molecule has 9 heteroatoms. The summed E-state index contributed by atoms with van der Waals surface area (Å²) in [6, 6.07) is 3.24. The summed E-state index contributed by atoms with van der Waals surface area (Å²) in [7, 11) is 0. The molecule has 1 saturated carbocycles. The molecule has 0 unspecified atom stereocenters. The average Bonchev–Trinajstić information content (AvgIpc) is 3.36. The molecule has 1 aliphatic heterocycles. The second-order valence-electron chi connectivity index (χ2n) is 8.58. The zero-order valence-corrected chi connectivity index (χ0v) is 17.5. The molecule has 158 valence electrons. The molecule has 0 atom stereocenters. The van der Waals surface area contributed by atoms with Crippen molar-refractivity contribution in [1.29, 1.82) is 0 Å². The largest absolute Gasteiger partial charge is 0.346 e. The van der Waals surface area contributed by atoms with E-state index in [1.165, 1.54) is 0 Å². The minimum atomic E-state index is 0.0569. The third kappa shape index (κ3) is 3.54. The lowest BCUT2D eigenvalue weighted by Crippen LogP contribution is -2.57. The van der Waals surface area contributed by atoms with Crippen LogP contribution in [-0.2, 0) is 0 Å². The zero-order valence-electron chi connectivity index (χ0n) is 17.5. The Bertz CT molecular complexity index is 1030. The molecule has 0 spiro atoms. The lowest BCUT2D eigenvalue weighted by Gasteiger charge is -2.46. The summed E-state index contributed by atoms with van der Waals surface area (Å²) < 4.78 is 2.08. The molecule has 0 bridgehead atoms. The van der Waals surface area contributed by atoms with Crippen molar-refractivity contribution in [2.75, 3.05) is 26.2 Å². The fourth-order valence-corrected chi connectivity index (χ4v) is 4.46. The standard InChI is InChI=1S/C21H28N8O/c1-14(2)26-21(30)28-7-5-27(6-8-28)16-9-17(10-16)29-12-15(11-25-29)19-18-3-4-22-20(18)24-13-23-19/h3-4,11-14,16-17H,5-10H2,1-2H3,(H,26,30)(H,22,23,24). The van der Waals surface area contributed by atoms with Gasteiger partial charge in [-0.2, -0.15) is 5.10 Å². The predicted octanol–water partition coefficient (Wildman–Crippen LogP) is 2.26. The number of aromatic amines is 1. The normalized spacial score (nSPS) is 22.4. The molecule has 1 aliphatic carbocycles. The van der Waals surface area contributed by atoms with Crippen LogP contribution >= 0.6 is 0 Å². The molecular weight excluding hydrogens is 380 g/mol. The summed E-state index contributed by atoms with van der Waals surface area (Å²) in [5.41, 5.74) is 2.78. The second-order valence-corrected chi connectivity index (χ2v) is 8.58. The Kier molecular flexibility index (Phi) is 4.90. The van der Waals surface area contributed by atoms with Crippen LogP contribution in [0.15, 0.2) is 31.0 Å². The van der Waals surface area contributed by atoms with Gasteiger partial charge < -0.3 is 15.2 Å². The average molecular weight is 409 g/mol. The number of fused-ring (bicyclic) bond motifs is 1. The Morgan fingerprint density at radius 2 is 1.97 bits per heavy atom. The van der Waals surface area contributed by atoms with Crippen LogP contribution in [0, 0.1) is 0 Å². The van der Waals surface area contributed by atoms with Gasteiger partial charge in [-0.05, 0) is 32.8 Å². The van der Waals surface area contributed by atoms with E-state index in [1.807, 2.05) is 37.2 Å². The van der Waals surface area contributed by atoms with Crippen molar-refractivity contribution in [3.63, 3.8) is 0 Å². The van der Waals surface area contributed by atoms with Crippen molar-refractivity contribution in [1.82, 2.24) is 39.8 Å². The van der Waals surface area contributed by atoms with Gasteiger partial charge in [0.15, 0.2) is 0 Å². The van der Waals surface area contributed by atoms with Crippen LogP contribution in [-0.4, -0.2) is 78.8 Å². The predicted molar refractivity (Wildman–Crippen MR) is 114 cm³/mol. The Morgan fingerprint density at radius 3 is 2.73 bits per heavy atom. The maximum atomic E-state index is 12.2. The van der Waals surface area contributed by atoms with Gasteiger partial charge in [-0.3, -0.25) is 9.58 Å². The lowest BCUT2D eigenvalue weighted by molar-refractivity contribution is 0.0423. The molecule has 2 amide bonds. The third-order valence-electron chi connectivity index (χ3n) is 6.22. The molecule has 2 fully saturated rings. The third-order valence-corrected chi connectivity index (χ3v) is 6.22. The van der Waals surface area contributed by atoms with E-state index in [-0.39, 0.29) is 12.1 Å². The fourth-order valence-electron chi connectivity index (χ4n) is 4.46. The van der Waals surface area contributed by atoms with Gasteiger partial charge in [0.2, 0.25) is 0 Å². The summed E-state index contributed by atoms with van der Waals surface area (Å²) in [5, 5.41) is 8.62. The molecule has 3 aromatic heterocycles. The van der Waals surface area contributed by atoms with Crippen molar-refractivity contribution >= 4 is 17.1 Å². The summed E-state index contributed by atoms with van der Waals surface area (Å²) in [4.78, 5) is 28.5. The minimum Gasteiger partial charge on any atom is -0.346 e. The first-order chi connectivity index (χ1) is 14.6. The van der Waals surface area contributed by atoms with E-state index in [9.17, 15) is 4.79 Å². The van der Waals surface area contributed by atoms with Gasteiger partial charge in [-0.25, -0.2) is 14.8 Å². The SMILES string of the molecule is CC(C)NC(=O)N1CCN(C2CC(n3cc(-c4ncnc5[nH]ccc45)cn3)C2)CC1. The summed E-state index contributed by atoms with van der Waals surface area (Å²) in [6.45, 7) is 7.47. The Labute approximate surface area is 175 Å². The summed E-state index contributed by atoms with van der Waals surface area (Å²) >= 11 is 0. The van der Waals surface area contributed by atoms with Crippen molar-refractivity contribution in [2.45, 2.75) is 44.8 Å². The first-order valence-electron chi connectivity index (χ1n) is 10.7. The molecule has 2 N–H and O–H groups in total. The molecule has 9 nitrogen and oxygen atoms in total. The van der Waals surface area contributed by atoms with Gasteiger partial charge in [0.1, 0.15) is 12.0 Å². The van der Waals surface area contributed by atoms with Gasteiger partial charge >= 0.3 is 6.03 Å². The number of nitrogens with one attached hydrogen (secondary N) is 2. The highest BCUT2D eigenvalue weighted by molar-refractivity contribution is 5.89. The number of rotatable bonds is 4. The van der Waals surface area contributed by atoms with E-state index in [0.717, 1.165) is 61.3 Å². The maximum absolute atomic E-state index is 12.2. The topological polar surface area (TPSA) is 95.0 Å². The Hall–Kier alpha value is -2.94. The number of aromatic nitrogens is 5. The van der Waals surface area contributed by atoms with Crippen LogP contribution in [0.4, 0.5) is 4.79 Å². The number of carbonyl (C=O) groups excluding carboxylic acids is 1. The number of amides is 2. The monoisotopic (exact) mass is 408 g/mol. The fraction of sp³-hybridized carbons (Fsp3) is 0.524. The molecular formula is C21H28N8O. The van der Waals surface area contributed by atoms with E-state index >= 15 is 0 Å². The van der Waals surface area contributed by atoms with Gasteiger partial charge in [0.05, 0.1) is 17.9 Å². The highest BCUT2D eigenvalue weighted by Gasteiger charge is 2.37. The Morgan fingerprint density at radius 1 is 1.17 bits per heavy atom. The quantitative estimate of drug-likeness (QED) is 0.691. The van der Waals surface area contributed by atoms with Gasteiger partial charge in [0.25, 0.3) is 0 Å². The summed E-state index contributed by atoms with van der Waals surface area (Å²) in [6.07, 6.45) is 9.67. The first-order valence-corrected chi connectivity index (χ1v) is 10.7.